The molecule has 0 spiro atoms. The third-order valence-corrected chi connectivity index (χ3v) is 5.85. The van der Waals surface area contributed by atoms with Gasteiger partial charge in [-0.15, -0.1) is 0 Å². The van der Waals surface area contributed by atoms with E-state index in [0.29, 0.717) is 17.2 Å². The number of hydrogen-bond acceptors (Lipinski definition) is 5. The van der Waals surface area contributed by atoms with E-state index in [9.17, 15) is 8.42 Å². The van der Waals surface area contributed by atoms with Gasteiger partial charge in [0.25, 0.3) is 0 Å². The summed E-state index contributed by atoms with van der Waals surface area (Å²) >= 11 is 0. The van der Waals surface area contributed by atoms with Gasteiger partial charge in [-0.3, -0.25) is 0 Å². The van der Waals surface area contributed by atoms with E-state index in [4.69, 9.17) is 14.2 Å². The second-order valence-electron chi connectivity index (χ2n) is 5.75. The highest BCUT2D eigenvalue weighted by Crippen LogP contribution is 2.27. The Bertz CT molecular complexity index is 997. The van der Waals surface area contributed by atoms with Crippen molar-refractivity contribution in [2.45, 2.75) is 16.4 Å². The molecule has 3 aromatic rings. The quantitative estimate of drug-likeness (QED) is 0.613. The van der Waals surface area contributed by atoms with Crippen LogP contribution in [0.3, 0.4) is 0 Å². The molecule has 0 saturated carbocycles. The molecule has 0 aromatic heterocycles. The predicted molar refractivity (Wildman–Crippen MR) is 102 cm³/mol. The normalized spacial score (nSPS) is 11.0. The van der Waals surface area contributed by atoms with Crippen molar-refractivity contribution in [3.05, 3.63) is 78.4 Å². The van der Waals surface area contributed by atoms with E-state index in [1.165, 1.54) is 0 Å². The molecule has 0 N–H and O–H groups in total. The van der Waals surface area contributed by atoms with Gasteiger partial charge in [0.2, 0.25) is 9.84 Å². The number of sulfone groups is 1. The van der Waals surface area contributed by atoms with Crippen molar-refractivity contribution in [1.82, 2.24) is 0 Å². The molecule has 0 aliphatic rings. The van der Waals surface area contributed by atoms with Gasteiger partial charge in [-0.1, -0.05) is 18.2 Å². The first-order chi connectivity index (χ1) is 13.0. The Balaban J connectivity index is 1.75. The Hall–Kier alpha value is -2.99. The van der Waals surface area contributed by atoms with Crippen molar-refractivity contribution < 1.29 is 22.6 Å². The molecule has 0 radical (unpaired) electrons. The first-order valence-electron chi connectivity index (χ1n) is 8.28. The van der Waals surface area contributed by atoms with E-state index in [-0.39, 0.29) is 16.4 Å². The fraction of sp³-hybridized carbons (Fsp3) is 0.143. The number of methoxy groups -OCH3 is 2. The van der Waals surface area contributed by atoms with Crippen LogP contribution in [-0.2, 0) is 16.4 Å². The molecule has 0 fully saturated rings. The van der Waals surface area contributed by atoms with Crippen LogP contribution in [-0.4, -0.2) is 22.6 Å². The first-order valence-corrected chi connectivity index (χ1v) is 9.77. The predicted octanol–water partition coefficient (Wildman–Crippen LogP) is 4.12. The zero-order valence-electron chi connectivity index (χ0n) is 15.1. The maximum Gasteiger partial charge on any atom is 0.206 e. The molecule has 3 aromatic carbocycles. The molecule has 0 unspecified atom stereocenters. The van der Waals surface area contributed by atoms with Gasteiger partial charge in [-0.2, -0.15) is 0 Å². The standard InChI is InChI=1S/C21H20O5S/c1-24-18-10-13-21(25-2)16(14-18)15-26-17-8-11-20(12-9-17)27(22,23)19-6-4-3-5-7-19/h3-14H,15H2,1-2H3. The van der Waals surface area contributed by atoms with Crippen LogP contribution in [0.1, 0.15) is 5.56 Å². The summed E-state index contributed by atoms with van der Waals surface area (Å²) in [6.07, 6.45) is 0. The van der Waals surface area contributed by atoms with E-state index >= 15 is 0 Å². The van der Waals surface area contributed by atoms with E-state index < -0.39 is 9.84 Å². The van der Waals surface area contributed by atoms with Crippen LogP contribution in [0, 0.1) is 0 Å². The minimum atomic E-state index is -3.53. The van der Waals surface area contributed by atoms with Crippen LogP contribution in [0.5, 0.6) is 17.2 Å². The van der Waals surface area contributed by atoms with Crippen molar-refractivity contribution in [1.29, 1.82) is 0 Å². The van der Waals surface area contributed by atoms with Crippen LogP contribution in [0.4, 0.5) is 0 Å². The minimum Gasteiger partial charge on any atom is -0.497 e. The van der Waals surface area contributed by atoms with Crippen LogP contribution in [0.25, 0.3) is 0 Å². The zero-order chi connectivity index (χ0) is 19.3. The highest BCUT2D eigenvalue weighted by Gasteiger charge is 2.17. The number of ether oxygens (including phenoxy) is 3. The van der Waals surface area contributed by atoms with E-state index in [1.54, 1.807) is 68.8 Å². The lowest BCUT2D eigenvalue weighted by Gasteiger charge is -2.12. The molecule has 27 heavy (non-hydrogen) atoms. The lowest BCUT2D eigenvalue weighted by molar-refractivity contribution is 0.295. The molecule has 0 saturated heterocycles. The molecule has 0 aliphatic carbocycles. The van der Waals surface area contributed by atoms with Gasteiger partial charge in [0.05, 0.1) is 24.0 Å². The van der Waals surface area contributed by atoms with Crippen LogP contribution < -0.4 is 14.2 Å². The molecule has 0 atom stereocenters. The highest BCUT2D eigenvalue weighted by atomic mass is 32.2. The maximum absolute atomic E-state index is 12.6. The summed E-state index contributed by atoms with van der Waals surface area (Å²) in [6, 6.07) is 20.2. The Labute approximate surface area is 159 Å². The number of benzene rings is 3. The van der Waals surface area contributed by atoms with Gasteiger partial charge >= 0.3 is 0 Å². The second kappa shape index (κ2) is 8.14. The van der Waals surface area contributed by atoms with Gasteiger partial charge in [0.1, 0.15) is 23.9 Å². The van der Waals surface area contributed by atoms with E-state index in [2.05, 4.69) is 0 Å². The van der Waals surface area contributed by atoms with E-state index in [0.717, 1.165) is 5.56 Å². The molecular weight excluding hydrogens is 364 g/mol. The summed E-state index contributed by atoms with van der Waals surface area (Å²) in [5, 5.41) is 0. The molecule has 6 heteroatoms. The van der Waals surface area contributed by atoms with Crippen molar-refractivity contribution in [2.24, 2.45) is 0 Å². The fourth-order valence-electron chi connectivity index (χ4n) is 2.61. The topological polar surface area (TPSA) is 61.8 Å². The fourth-order valence-corrected chi connectivity index (χ4v) is 3.89. The number of hydrogen-bond donors (Lipinski definition) is 0. The minimum absolute atomic E-state index is 0.222. The summed E-state index contributed by atoms with van der Waals surface area (Å²) in [5.41, 5.74) is 0.831. The Morgan fingerprint density at radius 1 is 0.741 bits per heavy atom. The Morgan fingerprint density at radius 2 is 1.37 bits per heavy atom. The molecule has 0 heterocycles. The summed E-state index contributed by atoms with van der Waals surface area (Å²) in [6.45, 7) is 0.269. The van der Waals surface area contributed by atoms with Gasteiger partial charge in [0, 0.05) is 5.56 Å². The Kier molecular flexibility index (Phi) is 5.66. The molecular formula is C21H20O5S. The summed E-state index contributed by atoms with van der Waals surface area (Å²) in [5.74, 6) is 1.96. The third kappa shape index (κ3) is 4.23. The average Bonchev–Trinajstić information content (AvgIpc) is 2.73. The summed E-state index contributed by atoms with van der Waals surface area (Å²) in [4.78, 5) is 0.486. The second-order valence-corrected chi connectivity index (χ2v) is 7.70. The van der Waals surface area contributed by atoms with Gasteiger partial charge in [-0.05, 0) is 54.6 Å². The molecule has 140 valence electrons. The van der Waals surface area contributed by atoms with Gasteiger partial charge < -0.3 is 14.2 Å². The first kappa shape index (κ1) is 18.8. The van der Waals surface area contributed by atoms with E-state index in [1.807, 2.05) is 18.2 Å². The average molecular weight is 384 g/mol. The molecule has 0 amide bonds. The monoisotopic (exact) mass is 384 g/mol. The van der Waals surface area contributed by atoms with Gasteiger partial charge in [0.15, 0.2) is 0 Å². The lowest BCUT2D eigenvalue weighted by atomic mass is 10.2. The number of rotatable bonds is 7. The zero-order valence-corrected chi connectivity index (χ0v) is 15.9. The SMILES string of the molecule is COc1ccc(OC)c(COc2ccc(S(=O)(=O)c3ccccc3)cc2)c1. The Morgan fingerprint density at radius 3 is 2.00 bits per heavy atom. The van der Waals surface area contributed by atoms with Crippen molar-refractivity contribution in [3.63, 3.8) is 0 Å². The lowest BCUT2D eigenvalue weighted by Crippen LogP contribution is -2.02. The maximum atomic E-state index is 12.6. The molecule has 0 bridgehead atoms. The van der Waals surface area contributed by atoms with Crippen LogP contribution in [0.15, 0.2) is 82.6 Å². The molecule has 5 nitrogen and oxygen atoms in total. The molecule has 0 aliphatic heterocycles. The largest absolute Gasteiger partial charge is 0.497 e. The highest BCUT2D eigenvalue weighted by molar-refractivity contribution is 7.91. The van der Waals surface area contributed by atoms with Crippen molar-refractivity contribution >= 4 is 9.84 Å². The summed E-state index contributed by atoms with van der Waals surface area (Å²) < 4.78 is 41.5. The van der Waals surface area contributed by atoms with Crippen molar-refractivity contribution in [3.8, 4) is 17.2 Å². The van der Waals surface area contributed by atoms with Gasteiger partial charge in [-0.25, -0.2) is 8.42 Å². The smallest absolute Gasteiger partial charge is 0.206 e. The van der Waals surface area contributed by atoms with Crippen molar-refractivity contribution in [2.75, 3.05) is 14.2 Å². The summed E-state index contributed by atoms with van der Waals surface area (Å²) in [7, 11) is -0.347. The molecule has 3 rings (SSSR count). The van der Waals surface area contributed by atoms with Crippen LogP contribution >= 0.6 is 0 Å². The third-order valence-electron chi connectivity index (χ3n) is 4.07. The van der Waals surface area contributed by atoms with Crippen LogP contribution in [0.2, 0.25) is 0 Å².